The first-order chi connectivity index (χ1) is 11.6. The molecule has 1 aromatic heterocycles. The molecule has 0 spiro atoms. The third kappa shape index (κ3) is 3.38. The van der Waals surface area contributed by atoms with Gasteiger partial charge in [-0.15, -0.1) is 0 Å². The maximum atomic E-state index is 14.0. The molecular weight excluding hydrogens is 311 g/mol. The highest BCUT2D eigenvalue weighted by atomic mass is 19.1. The van der Waals surface area contributed by atoms with Gasteiger partial charge >= 0.3 is 0 Å². The summed E-state index contributed by atoms with van der Waals surface area (Å²) in [5.74, 6) is -0.431. The van der Waals surface area contributed by atoms with E-state index >= 15 is 0 Å². The highest BCUT2D eigenvalue weighted by Crippen LogP contribution is 2.28. The van der Waals surface area contributed by atoms with E-state index in [1.807, 2.05) is 0 Å². The summed E-state index contributed by atoms with van der Waals surface area (Å²) in [5, 5.41) is 15.7. The van der Waals surface area contributed by atoms with Crippen LogP contribution in [0.2, 0.25) is 0 Å². The zero-order chi connectivity index (χ0) is 17.1. The Bertz CT molecular complexity index is 792. The van der Waals surface area contributed by atoms with Crippen LogP contribution in [0.1, 0.15) is 35.3 Å². The molecule has 3 rings (SSSR count). The Hall–Kier alpha value is -2.88. The number of nitrogens with zero attached hydrogens (tertiary/aromatic N) is 3. The summed E-state index contributed by atoms with van der Waals surface area (Å²) in [5.41, 5.74) is 0.487. The van der Waals surface area contributed by atoms with Crippen LogP contribution in [0.3, 0.4) is 0 Å². The number of nitrogens with one attached hydrogen (secondary N) is 1. The second-order valence-corrected chi connectivity index (χ2v) is 6.01. The van der Waals surface area contributed by atoms with E-state index in [0.29, 0.717) is 18.0 Å². The highest BCUT2D eigenvalue weighted by molar-refractivity contribution is 5.93. The molecule has 1 saturated carbocycles. The van der Waals surface area contributed by atoms with Gasteiger partial charge in [0.15, 0.2) is 5.69 Å². The van der Waals surface area contributed by atoms with E-state index in [9.17, 15) is 14.3 Å². The number of halogens is 1. The van der Waals surface area contributed by atoms with Crippen molar-refractivity contribution in [3.63, 3.8) is 0 Å². The molecule has 0 saturated heterocycles. The first-order valence-corrected chi connectivity index (χ1v) is 7.76. The van der Waals surface area contributed by atoms with Crippen LogP contribution in [-0.4, -0.2) is 32.7 Å². The minimum Gasteiger partial charge on any atom is -0.508 e. The van der Waals surface area contributed by atoms with E-state index in [1.165, 1.54) is 18.2 Å². The summed E-state index contributed by atoms with van der Waals surface area (Å²) < 4.78 is 14.0. The predicted molar refractivity (Wildman–Crippen MR) is 85.0 cm³/mol. The number of rotatable bonds is 5. The second-order valence-electron chi connectivity index (χ2n) is 6.01. The fraction of sp³-hybridized carbons (Fsp3) is 0.353. The van der Waals surface area contributed by atoms with Gasteiger partial charge in [-0.3, -0.25) is 4.79 Å². The third-order valence-corrected chi connectivity index (χ3v) is 4.29. The van der Waals surface area contributed by atoms with Gasteiger partial charge in [0.25, 0.3) is 11.7 Å². The van der Waals surface area contributed by atoms with Gasteiger partial charge in [0, 0.05) is 24.7 Å². The first kappa shape index (κ1) is 16.0. The number of phenols is 1. The number of phenolic OH excluding ortho intramolecular Hbond substituents is 1. The number of aromatic amines is 1. The number of H-pyrrole nitrogens is 1. The molecule has 2 N–H and O–H groups in total. The van der Waals surface area contributed by atoms with Crippen LogP contribution < -0.4 is 0 Å². The van der Waals surface area contributed by atoms with Crippen molar-refractivity contribution in [2.24, 2.45) is 5.92 Å². The van der Waals surface area contributed by atoms with Crippen LogP contribution in [-0.2, 0) is 6.54 Å². The third-order valence-electron chi connectivity index (χ3n) is 4.29. The van der Waals surface area contributed by atoms with E-state index in [1.54, 1.807) is 4.90 Å². The normalized spacial score (nSPS) is 14.0. The lowest BCUT2D eigenvalue weighted by atomic mass is 9.85. The molecule has 1 fully saturated rings. The summed E-state index contributed by atoms with van der Waals surface area (Å²) in [6.07, 6.45) is 3.25. The van der Waals surface area contributed by atoms with Crippen molar-refractivity contribution in [3.05, 3.63) is 52.8 Å². The van der Waals surface area contributed by atoms with Crippen LogP contribution >= 0.6 is 0 Å². The van der Waals surface area contributed by atoms with Crippen LogP contribution in [0.25, 0.3) is 4.85 Å². The molecule has 24 heavy (non-hydrogen) atoms. The monoisotopic (exact) mass is 328 g/mol. The van der Waals surface area contributed by atoms with E-state index in [4.69, 9.17) is 6.57 Å². The topological polar surface area (TPSA) is 73.6 Å². The number of carbonyl (C=O) groups excluding carboxylic acids is 1. The van der Waals surface area contributed by atoms with Crippen LogP contribution in [0, 0.1) is 18.3 Å². The van der Waals surface area contributed by atoms with Crippen molar-refractivity contribution in [1.29, 1.82) is 0 Å². The number of aromatic hydroxyl groups is 1. The zero-order valence-corrected chi connectivity index (χ0v) is 13.0. The molecule has 1 heterocycles. The van der Waals surface area contributed by atoms with Gasteiger partial charge < -0.3 is 14.9 Å². The molecule has 1 aliphatic rings. The summed E-state index contributed by atoms with van der Waals surface area (Å²) in [7, 11) is 0. The summed E-state index contributed by atoms with van der Waals surface area (Å²) >= 11 is 0. The minimum absolute atomic E-state index is 0.0989. The highest BCUT2D eigenvalue weighted by Gasteiger charge is 2.26. The fourth-order valence-electron chi connectivity index (χ4n) is 2.72. The maximum Gasteiger partial charge on any atom is 0.275 e. The number of aromatic nitrogens is 2. The average Bonchev–Trinajstić information content (AvgIpc) is 3.00. The van der Waals surface area contributed by atoms with Crippen molar-refractivity contribution in [2.45, 2.75) is 25.8 Å². The van der Waals surface area contributed by atoms with Gasteiger partial charge in [0.05, 0.1) is 0 Å². The Morgan fingerprint density at radius 3 is 2.83 bits per heavy atom. The fourth-order valence-corrected chi connectivity index (χ4v) is 2.72. The van der Waals surface area contributed by atoms with Crippen LogP contribution in [0.15, 0.2) is 24.3 Å². The van der Waals surface area contributed by atoms with Gasteiger partial charge in [-0.1, -0.05) is 24.2 Å². The van der Waals surface area contributed by atoms with Gasteiger partial charge in [-0.2, -0.15) is 0 Å². The van der Waals surface area contributed by atoms with Crippen molar-refractivity contribution >= 4 is 11.7 Å². The number of carbonyl (C=O) groups is 1. The summed E-state index contributed by atoms with van der Waals surface area (Å²) in [6.45, 7) is 7.57. The minimum atomic E-state index is -0.551. The Morgan fingerprint density at radius 2 is 2.25 bits per heavy atom. The lowest BCUT2D eigenvalue weighted by Gasteiger charge is -2.32. The molecule has 0 atom stereocenters. The molecule has 1 amide bonds. The zero-order valence-electron chi connectivity index (χ0n) is 13.0. The standard InChI is InChI=1S/C17H17FN4O2/c1-19-16-8-15(20-21-16)17(24)22(9-11-3-2-4-11)10-12-5-6-13(23)7-14(12)18/h5-8,11,23H,2-4,9-10H2,(H,20,21). The maximum absolute atomic E-state index is 14.0. The quantitative estimate of drug-likeness (QED) is 0.828. The van der Waals surface area contributed by atoms with Crippen molar-refractivity contribution < 1.29 is 14.3 Å². The van der Waals surface area contributed by atoms with Gasteiger partial charge in [-0.25, -0.2) is 9.49 Å². The van der Waals surface area contributed by atoms with Crippen molar-refractivity contribution in [1.82, 2.24) is 15.1 Å². The van der Waals surface area contributed by atoms with Gasteiger partial charge in [-0.05, 0) is 30.9 Å². The van der Waals surface area contributed by atoms with Gasteiger partial charge in [0.2, 0.25) is 0 Å². The Balaban J connectivity index is 1.82. The molecule has 1 aliphatic carbocycles. The van der Waals surface area contributed by atoms with E-state index < -0.39 is 5.82 Å². The van der Waals surface area contributed by atoms with E-state index in [2.05, 4.69) is 15.0 Å². The molecule has 124 valence electrons. The van der Waals surface area contributed by atoms with Crippen molar-refractivity contribution in [2.75, 3.05) is 6.54 Å². The number of benzene rings is 1. The number of hydrogen-bond acceptors (Lipinski definition) is 3. The van der Waals surface area contributed by atoms with E-state index in [-0.39, 0.29) is 29.7 Å². The lowest BCUT2D eigenvalue weighted by Crippen LogP contribution is -2.37. The van der Waals surface area contributed by atoms with Gasteiger partial charge in [0.1, 0.15) is 11.6 Å². The molecule has 0 unspecified atom stereocenters. The number of amides is 1. The summed E-state index contributed by atoms with van der Waals surface area (Å²) in [4.78, 5) is 17.5. The predicted octanol–water partition coefficient (Wildman–Crippen LogP) is 3.25. The largest absolute Gasteiger partial charge is 0.508 e. The Morgan fingerprint density at radius 1 is 1.46 bits per heavy atom. The molecule has 6 nitrogen and oxygen atoms in total. The van der Waals surface area contributed by atoms with Crippen LogP contribution in [0.5, 0.6) is 5.75 Å². The molecule has 0 radical (unpaired) electrons. The van der Waals surface area contributed by atoms with Crippen LogP contribution in [0.4, 0.5) is 10.2 Å². The average molecular weight is 328 g/mol. The smallest absolute Gasteiger partial charge is 0.275 e. The molecular formula is C17H17FN4O2. The van der Waals surface area contributed by atoms with E-state index in [0.717, 1.165) is 25.3 Å². The second kappa shape index (κ2) is 6.71. The molecule has 2 aromatic rings. The molecule has 0 bridgehead atoms. The lowest BCUT2D eigenvalue weighted by molar-refractivity contribution is 0.0671. The molecule has 7 heteroatoms. The summed E-state index contributed by atoms with van der Waals surface area (Å²) in [6, 6.07) is 5.31. The number of hydrogen-bond donors (Lipinski definition) is 2. The first-order valence-electron chi connectivity index (χ1n) is 7.76. The Labute approximate surface area is 138 Å². The molecule has 1 aromatic carbocycles. The molecule has 0 aliphatic heterocycles. The Kier molecular flexibility index (Phi) is 4.47. The van der Waals surface area contributed by atoms with Crippen molar-refractivity contribution in [3.8, 4) is 5.75 Å². The SMILES string of the molecule is [C-]#[N+]c1cc(C(=O)N(Cc2ccc(O)cc2F)CC2CCC2)n[nH]1.